The minimum atomic E-state index is -0.710. The van der Waals surface area contributed by atoms with Crippen LogP contribution in [0.1, 0.15) is 33.6 Å². The van der Waals surface area contributed by atoms with Gasteiger partial charge in [-0.1, -0.05) is 19.1 Å². The monoisotopic (exact) mass is 294 g/mol. The van der Waals surface area contributed by atoms with Crippen molar-refractivity contribution in [2.45, 2.75) is 45.3 Å². The van der Waals surface area contributed by atoms with Crippen molar-refractivity contribution >= 4 is 5.96 Å². The van der Waals surface area contributed by atoms with E-state index >= 15 is 0 Å². The van der Waals surface area contributed by atoms with Crippen LogP contribution < -0.4 is 5.32 Å². The summed E-state index contributed by atoms with van der Waals surface area (Å²) >= 11 is 0. The fourth-order valence-corrected chi connectivity index (χ4v) is 2.81. The normalized spacial score (nSPS) is 26.4. The number of aliphatic hydroxyl groups is 1. The van der Waals surface area contributed by atoms with Crippen molar-refractivity contribution in [1.29, 1.82) is 0 Å². The number of likely N-dealkylation sites (tertiary alicyclic amines) is 1. The molecular weight excluding hydrogens is 264 g/mol. The van der Waals surface area contributed by atoms with Gasteiger partial charge in [0.2, 0.25) is 0 Å². The summed E-state index contributed by atoms with van der Waals surface area (Å²) in [6, 6.07) is 0.621. The van der Waals surface area contributed by atoms with Gasteiger partial charge in [-0.3, -0.25) is 9.89 Å². The quantitative estimate of drug-likeness (QED) is 0.452. The molecule has 2 aliphatic rings. The maximum absolute atomic E-state index is 10.1. The van der Waals surface area contributed by atoms with Crippen LogP contribution in [-0.2, 0) is 0 Å². The predicted molar refractivity (Wildman–Crippen MR) is 87.6 cm³/mol. The first-order chi connectivity index (χ1) is 10.1. The highest BCUT2D eigenvalue weighted by Crippen LogP contribution is 2.18. The highest BCUT2D eigenvalue weighted by Gasteiger charge is 2.29. The fraction of sp³-hybridized carbons (Fsp3) is 0.812. The molecule has 2 aliphatic heterocycles. The lowest BCUT2D eigenvalue weighted by molar-refractivity contribution is 0.0654. The van der Waals surface area contributed by atoms with Crippen LogP contribution in [0.15, 0.2) is 17.1 Å². The molecular formula is C16H30N4O. The average molecular weight is 294 g/mol. The molecule has 2 rings (SSSR count). The van der Waals surface area contributed by atoms with E-state index in [0.29, 0.717) is 12.6 Å². The molecule has 5 heteroatoms. The Labute approximate surface area is 128 Å². The highest BCUT2D eigenvalue weighted by molar-refractivity contribution is 5.80. The van der Waals surface area contributed by atoms with Crippen molar-refractivity contribution in [2.75, 3.05) is 39.3 Å². The Morgan fingerprint density at radius 2 is 2.10 bits per heavy atom. The summed E-state index contributed by atoms with van der Waals surface area (Å²) in [6.45, 7) is 11.5. The van der Waals surface area contributed by atoms with Crippen molar-refractivity contribution < 1.29 is 5.11 Å². The van der Waals surface area contributed by atoms with E-state index < -0.39 is 5.60 Å². The zero-order chi connectivity index (χ0) is 15.3. The van der Waals surface area contributed by atoms with Gasteiger partial charge in [0.05, 0.1) is 12.1 Å². The van der Waals surface area contributed by atoms with E-state index in [1.165, 1.54) is 6.42 Å². The van der Waals surface area contributed by atoms with E-state index in [1.54, 1.807) is 0 Å². The Morgan fingerprint density at radius 3 is 2.71 bits per heavy atom. The van der Waals surface area contributed by atoms with Crippen molar-refractivity contribution in [3.63, 3.8) is 0 Å². The highest BCUT2D eigenvalue weighted by atomic mass is 16.3. The standard InChI is InChI=1S/C16H30N4O/c1-4-16(3,21)13-18-15(17-5-2)20-11-8-14(12-20)19-9-6-7-10-19/h6-7,14,21H,4-5,8-13H2,1-3H3,(H,17,18). The molecule has 5 nitrogen and oxygen atoms in total. The Kier molecular flexibility index (Phi) is 5.65. The maximum atomic E-state index is 10.1. The van der Waals surface area contributed by atoms with Crippen molar-refractivity contribution in [3.8, 4) is 0 Å². The van der Waals surface area contributed by atoms with Gasteiger partial charge in [0.1, 0.15) is 0 Å². The molecule has 0 bridgehead atoms. The molecule has 1 fully saturated rings. The second kappa shape index (κ2) is 7.27. The molecule has 0 amide bonds. The molecule has 0 saturated carbocycles. The van der Waals surface area contributed by atoms with E-state index in [4.69, 9.17) is 0 Å². The fourth-order valence-electron chi connectivity index (χ4n) is 2.81. The second-order valence-electron chi connectivity index (χ2n) is 6.33. The molecule has 0 aromatic rings. The predicted octanol–water partition coefficient (Wildman–Crippen LogP) is 1.06. The van der Waals surface area contributed by atoms with Crippen molar-refractivity contribution in [1.82, 2.24) is 15.1 Å². The number of guanidine groups is 1. The van der Waals surface area contributed by atoms with Gasteiger partial charge in [0.25, 0.3) is 0 Å². The van der Waals surface area contributed by atoms with Gasteiger partial charge >= 0.3 is 0 Å². The lowest BCUT2D eigenvalue weighted by Crippen LogP contribution is -2.43. The molecule has 2 atom stereocenters. The first kappa shape index (κ1) is 16.3. The third-order valence-corrected chi connectivity index (χ3v) is 4.49. The number of hydrogen-bond acceptors (Lipinski definition) is 3. The molecule has 0 aromatic carbocycles. The zero-order valence-electron chi connectivity index (χ0n) is 13.7. The molecule has 1 saturated heterocycles. The second-order valence-corrected chi connectivity index (χ2v) is 6.33. The molecule has 2 unspecified atom stereocenters. The Bertz CT molecular complexity index is 384. The van der Waals surface area contributed by atoms with E-state index in [1.807, 2.05) is 13.8 Å². The number of nitrogens with zero attached hydrogens (tertiary/aromatic N) is 3. The molecule has 0 aromatic heterocycles. The molecule has 21 heavy (non-hydrogen) atoms. The first-order valence-electron chi connectivity index (χ1n) is 8.20. The van der Waals surface area contributed by atoms with Gasteiger partial charge in [-0.05, 0) is 26.7 Å². The summed E-state index contributed by atoms with van der Waals surface area (Å²) in [5, 5.41) is 13.5. The van der Waals surface area contributed by atoms with Crippen LogP contribution in [0.2, 0.25) is 0 Å². The summed E-state index contributed by atoms with van der Waals surface area (Å²) in [7, 11) is 0. The largest absolute Gasteiger partial charge is 0.388 e. The van der Waals surface area contributed by atoms with Gasteiger partial charge in [-0.2, -0.15) is 0 Å². The Hall–Kier alpha value is -1.07. The molecule has 120 valence electrons. The number of nitrogens with one attached hydrogen (secondary N) is 1. The first-order valence-corrected chi connectivity index (χ1v) is 8.20. The maximum Gasteiger partial charge on any atom is 0.194 e. The van der Waals surface area contributed by atoms with E-state index in [-0.39, 0.29) is 0 Å². The molecule has 0 aliphatic carbocycles. The Morgan fingerprint density at radius 1 is 1.38 bits per heavy atom. The lowest BCUT2D eigenvalue weighted by Gasteiger charge is -2.26. The molecule has 0 radical (unpaired) electrons. The van der Waals surface area contributed by atoms with Crippen LogP contribution in [-0.4, -0.2) is 71.8 Å². The smallest absolute Gasteiger partial charge is 0.194 e. The third kappa shape index (κ3) is 4.45. The molecule has 2 heterocycles. The summed E-state index contributed by atoms with van der Waals surface area (Å²) in [4.78, 5) is 9.50. The lowest BCUT2D eigenvalue weighted by atomic mass is 10.1. The SMILES string of the molecule is CCNC(=NCC(C)(O)CC)N1CCC(N2CC=CC2)C1. The minimum Gasteiger partial charge on any atom is -0.388 e. The average Bonchev–Trinajstić information content (AvgIpc) is 3.13. The molecule has 2 N–H and O–H groups in total. The van der Waals surface area contributed by atoms with Crippen molar-refractivity contribution in [3.05, 3.63) is 12.2 Å². The topological polar surface area (TPSA) is 51.1 Å². The summed E-state index contributed by atoms with van der Waals surface area (Å²) in [5.74, 6) is 0.945. The molecule has 0 spiro atoms. The third-order valence-electron chi connectivity index (χ3n) is 4.49. The minimum absolute atomic E-state index is 0.457. The van der Waals surface area contributed by atoms with Gasteiger partial charge in [-0.15, -0.1) is 0 Å². The van der Waals surface area contributed by atoms with Gasteiger partial charge in [-0.25, -0.2) is 0 Å². The number of aliphatic imine (C=N–C) groups is 1. The van der Waals surface area contributed by atoms with E-state index in [9.17, 15) is 5.11 Å². The summed E-state index contributed by atoms with van der Waals surface area (Å²) in [6.07, 6.45) is 6.41. The van der Waals surface area contributed by atoms with Gasteiger partial charge in [0, 0.05) is 38.8 Å². The van der Waals surface area contributed by atoms with E-state index in [0.717, 1.165) is 45.1 Å². The van der Waals surface area contributed by atoms with Gasteiger partial charge in [0.15, 0.2) is 5.96 Å². The van der Waals surface area contributed by atoms with Crippen LogP contribution in [0.25, 0.3) is 0 Å². The van der Waals surface area contributed by atoms with Gasteiger partial charge < -0.3 is 15.3 Å². The van der Waals surface area contributed by atoms with Crippen LogP contribution in [0.5, 0.6) is 0 Å². The van der Waals surface area contributed by atoms with Crippen molar-refractivity contribution in [2.24, 2.45) is 4.99 Å². The van der Waals surface area contributed by atoms with Crippen LogP contribution in [0.3, 0.4) is 0 Å². The zero-order valence-corrected chi connectivity index (χ0v) is 13.7. The van der Waals surface area contributed by atoms with Crippen LogP contribution in [0, 0.1) is 0 Å². The number of hydrogen-bond donors (Lipinski definition) is 2. The van der Waals surface area contributed by atoms with E-state index in [2.05, 4.69) is 39.2 Å². The summed E-state index contributed by atoms with van der Waals surface area (Å²) in [5.41, 5.74) is -0.710. The number of rotatable bonds is 5. The summed E-state index contributed by atoms with van der Waals surface area (Å²) < 4.78 is 0. The van der Waals surface area contributed by atoms with Crippen LogP contribution >= 0.6 is 0 Å². The Balaban J connectivity index is 1.94. The van der Waals surface area contributed by atoms with Crippen LogP contribution in [0.4, 0.5) is 0 Å².